The number of rotatable bonds is 4. The number of aliphatic hydroxyl groups excluding tert-OH is 1. The van der Waals surface area contributed by atoms with Crippen LogP contribution in [0.5, 0.6) is 0 Å². The zero-order chi connectivity index (χ0) is 10.7. The Kier molecular flexibility index (Phi) is 4.10. The minimum Gasteiger partial charge on any atom is -0.479 e. The summed E-state index contributed by atoms with van der Waals surface area (Å²) in [7, 11) is 0. The molecule has 1 unspecified atom stereocenters. The maximum absolute atomic E-state index is 10.4. The van der Waals surface area contributed by atoms with Gasteiger partial charge < -0.3 is 10.2 Å². The van der Waals surface area contributed by atoms with Gasteiger partial charge in [-0.25, -0.2) is 4.79 Å². The molecule has 0 aliphatic rings. The molecule has 1 rings (SSSR count). The molecule has 0 fully saturated rings. The number of carboxylic acids is 1. The van der Waals surface area contributed by atoms with E-state index >= 15 is 0 Å². The molecule has 5 heteroatoms. The maximum atomic E-state index is 10.4. The van der Waals surface area contributed by atoms with Gasteiger partial charge in [0.15, 0.2) is 6.10 Å². The number of thiophene rings is 1. The third-order valence-electron chi connectivity index (χ3n) is 1.82. The van der Waals surface area contributed by atoms with Gasteiger partial charge in [-0.3, -0.25) is 0 Å². The minimum atomic E-state index is -1.31. The van der Waals surface area contributed by atoms with Gasteiger partial charge >= 0.3 is 5.97 Å². The molecule has 78 valence electrons. The number of aryl methyl sites for hydroxylation is 1. The summed E-state index contributed by atoms with van der Waals surface area (Å²) in [5.41, 5.74) is 0. The van der Waals surface area contributed by atoms with Crippen molar-refractivity contribution in [1.82, 2.24) is 0 Å². The minimum absolute atomic E-state index is 0.167. The maximum Gasteiger partial charge on any atom is 0.332 e. The van der Waals surface area contributed by atoms with Gasteiger partial charge in [0.05, 0.1) is 0 Å². The highest BCUT2D eigenvalue weighted by Crippen LogP contribution is 2.28. The van der Waals surface area contributed by atoms with E-state index in [1.807, 2.05) is 13.0 Å². The lowest BCUT2D eigenvalue weighted by Gasteiger charge is -2.02. The average Bonchev–Trinajstić information content (AvgIpc) is 2.47. The van der Waals surface area contributed by atoms with Crippen LogP contribution in [0.2, 0.25) is 0 Å². The molecule has 2 N–H and O–H groups in total. The van der Waals surface area contributed by atoms with Crippen LogP contribution in [0.4, 0.5) is 0 Å². The molecule has 1 atom stereocenters. The second-order valence-corrected chi connectivity index (χ2v) is 4.97. The molecule has 0 aliphatic carbocycles. The van der Waals surface area contributed by atoms with Crippen LogP contribution in [0.1, 0.15) is 16.7 Å². The van der Waals surface area contributed by atoms with Crippen molar-refractivity contribution in [2.75, 3.05) is 0 Å². The quantitative estimate of drug-likeness (QED) is 0.887. The smallest absolute Gasteiger partial charge is 0.332 e. The van der Waals surface area contributed by atoms with Crippen LogP contribution in [0, 0.1) is 0 Å². The topological polar surface area (TPSA) is 57.5 Å². The van der Waals surface area contributed by atoms with E-state index < -0.39 is 12.1 Å². The van der Waals surface area contributed by atoms with E-state index in [0.717, 1.165) is 15.8 Å². The highest BCUT2D eigenvalue weighted by Gasteiger charge is 2.17. The van der Waals surface area contributed by atoms with Gasteiger partial charge in [0.25, 0.3) is 0 Å². The van der Waals surface area contributed by atoms with Crippen LogP contribution in [0.25, 0.3) is 0 Å². The largest absolute Gasteiger partial charge is 0.479 e. The standard InChI is InChI=1S/C9H11BrO3S/c1-2-5-3-6(10)8(14-5)4-7(11)9(12)13/h3,7,11H,2,4H2,1H3,(H,12,13). The molecule has 0 saturated heterocycles. The normalized spacial score (nSPS) is 12.8. The van der Waals surface area contributed by atoms with Crippen LogP contribution in [0.3, 0.4) is 0 Å². The van der Waals surface area contributed by atoms with Gasteiger partial charge in [-0.05, 0) is 28.4 Å². The summed E-state index contributed by atoms with van der Waals surface area (Å²) in [6, 6.07) is 1.97. The first-order valence-corrected chi connectivity index (χ1v) is 5.83. The van der Waals surface area contributed by atoms with Crippen molar-refractivity contribution in [3.05, 3.63) is 20.3 Å². The Labute approximate surface area is 94.5 Å². The second-order valence-electron chi connectivity index (χ2n) is 2.90. The third kappa shape index (κ3) is 2.80. The number of aliphatic carboxylic acids is 1. The van der Waals surface area contributed by atoms with Crippen LogP contribution in [0.15, 0.2) is 10.5 Å². The highest BCUT2D eigenvalue weighted by molar-refractivity contribution is 9.10. The Morgan fingerprint density at radius 2 is 2.36 bits per heavy atom. The summed E-state index contributed by atoms with van der Waals surface area (Å²) in [4.78, 5) is 12.5. The number of hydrogen-bond donors (Lipinski definition) is 2. The number of halogens is 1. The van der Waals surface area contributed by atoms with Crippen molar-refractivity contribution >= 4 is 33.2 Å². The second kappa shape index (κ2) is 4.91. The Morgan fingerprint density at radius 1 is 1.71 bits per heavy atom. The van der Waals surface area contributed by atoms with Crippen molar-refractivity contribution in [1.29, 1.82) is 0 Å². The van der Waals surface area contributed by atoms with Gasteiger partial charge in [0.2, 0.25) is 0 Å². The van der Waals surface area contributed by atoms with Crippen LogP contribution in [-0.4, -0.2) is 22.3 Å². The first-order valence-electron chi connectivity index (χ1n) is 4.22. The highest BCUT2D eigenvalue weighted by atomic mass is 79.9. The van der Waals surface area contributed by atoms with Crippen LogP contribution in [-0.2, 0) is 17.6 Å². The SMILES string of the molecule is CCc1cc(Br)c(CC(O)C(=O)O)s1. The van der Waals surface area contributed by atoms with Crippen molar-refractivity contribution < 1.29 is 15.0 Å². The molecule has 14 heavy (non-hydrogen) atoms. The Hall–Kier alpha value is -0.390. The van der Waals surface area contributed by atoms with Gasteiger partial charge in [-0.2, -0.15) is 0 Å². The molecule has 0 amide bonds. The van der Waals surface area contributed by atoms with E-state index in [1.54, 1.807) is 0 Å². The zero-order valence-electron chi connectivity index (χ0n) is 7.66. The fraction of sp³-hybridized carbons (Fsp3) is 0.444. The van der Waals surface area contributed by atoms with E-state index in [4.69, 9.17) is 5.11 Å². The summed E-state index contributed by atoms with van der Waals surface area (Å²) in [6.07, 6.45) is -0.220. The van der Waals surface area contributed by atoms with Gasteiger partial charge in [-0.15, -0.1) is 11.3 Å². The van der Waals surface area contributed by atoms with Crippen molar-refractivity contribution in [2.45, 2.75) is 25.9 Å². The molecule has 0 aromatic carbocycles. The molecule has 0 bridgehead atoms. The van der Waals surface area contributed by atoms with Gasteiger partial charge in [-0.1, -0.05) is 6.92 Å². The molecule has 0 saturated carbocycles. The summed E-state index contributed by atoms with van der Waals surface area (Å²) in [5.74, 6) is -1.18. The molecular formula is C9H11BrO3S. The summed E-state index contributed by atoms with van der Waals surface area (Å²) < 4.78 is 0.889. The number of carbonyl (C=O) groups is 1. The van der Waals surface area contributed by atoms with E-state index in [0.29, 0.717) is 0 Å². The van der Waals surface area contributed by atoms with Crippen LogP contribution < -0.4 is 0 Å². The monoisotopic (exact) mass is 278 g/mol. The van der Waals surface area contributed by atoms with Gasteiger partial charge in [0, 0.05) is 20.6 Å². The Balaban J connectivity index is 2.75. The zero-order valence-corrected chi connectivity index (χ0v) is 10.1. The molecule has 0 aliphatic heterocycles. The molecule has 0 spiro atoms. The lowest BCUT2D eigenvalue weighted by Crippen LogP contribution is -2.21. The lowest BCUT2D eigenvalue weighted by atomic mass is 10.2. The molecular weight excluding hydrogens is 268 g/mol. The Morgan fingerprint density at radius 3 is 2.79 bits per heavy atom. The predicted molar refractivity (Wildman–Crippen MR) is 58.7 cm³/mol. The first kappa shape index (κ1) is 11.7. The predicted octanol–water partition coefficient (Wildman–Crippen LogP) is 2.06. The van der Waals surface area contributed by atoms with Gasteiger partial charge in [0.1, 0.15) is 0 Å². The van der Waals surface area contributed by atoms with Crippen LogP contribution >= 0.6 is 27.3 Å². The molecule has 3 nitrogen and oxygen atoms in total. The molecule has 1 heterocycles. The molecule has 0 radical (unpaired) electrons. The number of carboxylic acid groups (broad SMARTS) is 1. The lowest BCUT2D eigenvalue weighted by molar-refractivity contribution is -0.146. The third-order valence-corrected chi connectivity index (χ3v) is 4.09. The van der Waals surface area contributed by atoms with Crippen molar-refractivity contribution in [3.8, 4) is 0 Å². The first-order chi connectivity index (χ1) is 6.54. The molecule has 1 aromatic rings. The Bertz CT molecular complexity index is 335. The fourth-order valence-corrected chi connectivity index (χ4v) is 2.90. The van der Waals surface area contributed by atoms with E-state index in [9.17, 15) is 9.90 Å². The van der Waals surface area contributed by atoms with Crippen molar-refractivity contribution in [3.63, 3.8) is 0 Å². The fourth-order valence-electron chi connectivity index (χ4n) is 1.03. The van der Waals surface area contributed by atoms with E-state index in [2.05, 4.69) is 15.9 Å². The van der Waals surface area contributed by atoms with Crippen molar-refractivity contribution in [2.24, 2.45) is 0 Å². The van der Waals surface area contributed by atoms with E-state index in [1.165, 1.54) is 16.2 Å². The summed E-state index contributed by atoms with van der Waals surface area (Å²) >= 11 is 4.88. The summed E-state index contributed by atoms with van der Waals surface area (Å²) in [6.45, 7) is 2.04. The van der Waals surface area contributed by atoms with E-state index in [-0.39, 0.29) is 6.42 Å². The number of hydrogen-bond acceptors (Lipinski definition) is 3. The number of aliphatic hydroxyl groups is 1. The molecule has 1 aromatic heterocycles. The average molecular weight is 279 g/mol. The summed E-state index contributed by atoms with van der Waals surface area (Å²) in [5, 5.41) is 17.7.